The molecule has 1 aliphatic carbocycles. The molecular weight excluding hydrogens is 342 g/mol. The van der Waals surface area contributed by atoms with E-state index < -0.39 is 27.9 Å². The zero-order valence-electron chi connectivity index (χ0n) is 9.67. The maximum atomic E-state index is 11.9. The first kappa shape index (κ1) is 14.5. The standard InChI is InChI=1S/C10H12BrNO6S/c11-9-8(3-7(18-9)10(14)15)19(16,17)12-4-6(13)5-1-2-5/h3,5-6,12-13H,1-2,4H2,(H,14,15). The van der Waals surface area contributed by atoms with Gasteiger partial charge in [0, 0.05) is 12.6 Å². The van der Waals surface area contributed by atoms with Gasteiger partial charge in [0.05, 0.1) is 6.10 Å². The lowest BCUT2D eigenvalue weighted by Crippen LogP contribution is -2.33. The number of carbonyl (C=O) groups is 1. The van der Waals surface area contributed by atoms with Gasteiger partial charge in [-0.1, -0.05) is 0 Å². The smallest absolute Gasteiger partial charge is 0.371 e. The molecule has 0 amide bonds. The Labute approximate surface area is 117 Å². The van der Waals surface area contributed by atoms with Gasteiger partial charge in [0.15, 0.2) is 4.67 Å². The van der Waals surface area contributed by atoms with Crippen LogP contribution in [0.4, 0.5) is 0 Å². The minimum absolute atomic E-state index is 0.104. The highest BCUT2D eigenvalue weighted by molar-refractivity contribution is 9.10. The maximum Gasteiger partial charge on any atom is 0.371 e. The number of sulfonamides is 1. The van der Waals surface area contributed by atoms with E-state index in [0.29, 0.717) is 0 Å². The number of rotatable bonds is 6. The fourth-order valence-corrected chi connectivity index (χ4v) is 3.55. The van der Waals surface area contributed by atoms with E-state index in [-0.39, 0.29) is 22.0 Å². The number of hydrogen-bond donors (Lipinski definition) is 3. The Morgan fingerprint density at radius 1 is 1.58 bits per heavy atom. The molecule has 0 aromatic carbocycles. The van der Waals surface area contributed by atoms with Gasteiger partial charge in [0.1, 0.15) is 4.90 Å². The Morgan fingerprint density at radius 3 is 2.68 bits per heavy atom. The monoisotopic (exact) mass is 353 g/mol. The number of carboxylic acids is 1. The Kier molecular flexibility index (Phi) is 4.00. The number of aromatic carboxylic acids is 1. The van der Waals surface area contributed by atoms with E-state index in [1.807, 2.05) is 0 Å². The molecule has 1 fully saturated rings. The summed E-state index contributed by atoms with van der Waals surface area (Å²) in [7, 11) is -3.92. The van der Waals surface area contributed by atoms with Crippen molar-refractivity contribution >= 4 is 31.9 Å². The van der Waals surface area contributed by atoms with Crippen LogP contribution in [0.25, 0.3) is 0 Å². The number of aliphatic hydroxyl groups is 1. The average molecular weight is 354 g/mol. The van der Waals surface area contributed by atoms with Crippen LogP contribution in [0, 0.1) is 5.92 Å². The minimum atomic E-state index is -3.92. The lowest BCUT2D eigenvalue weighted by atomic mass is 10.2. The van der Waals surface area contributed by atoms with Crippen LogP contribution in [0.5, 0.6) is 0 Å². The Morgan fingerprint density at radius 2 is 2.21 bits per heavy atom. The van der Waals surface area contributed by atoms with E-state index in [4.69, 9.17) is 9.52 Å². The molecule has 1 saturated carbocycles. The number of halogens is 1. The third-order valence-corrected chi connectivity index (χ3v) is 5.08. The first-order valence-corrected chi connectivity index (χ1v) is 7.79. The molecule has 2 rings (SSSR count). The largest absolute Gasteiger partial charge is 0.475 e. The summed E-state index contributed by atoms with van der Waals surface area (Å²) in [5.74, 6) is -1.69. The van der Waals surface area contributed by atoms with Gasteiger partial charge in [-0.2, -0.15) is 0 Å². The predicted molar refractivity (Wildman–Crippen MR) is 67.3 cm³/mol. The number of hydrogen-bond acceptors (Lipinski definition) is 5. The molecule has 7 nitrogen and oxygen atoms in total. The van der Waals surface area contributed by atoms with Crippen molar-refractivity contribution in [3.63, 3.8) is 0 Å². The third-order valence-electron chi connectivity index (χ3n) is 2.80. The lowest BCUT2D eigenvalue weighted by molar-refractivity contribution is 0.0661. The van der Waals surface area contributed by atoms with Crippen LogP contribution >= 0.6 is 15.9 Å². The summed E-state index contributed by atoms with van der Waals surface area (Å²) in [6.07, 6.45) is 1.06. The van der Waals surface area contributed by atoms with Crippen molar-refractivity contribution in [2.24, 2.45) is 5.92 Å². The highest BCUT2D eigenvalue weighted by Gasteiger charge is 2.31. The topological polar surface area (TPSA) is 117 Å². The molecule has 0 aliphatic heterocycles. The van der Waals surface area contributed by atoms with Crippen molar-refractivity contribution in [1.29, 1.82) is 0 Å². The van der Waals surface area contributed by atoms with Crippen LogP contribution in [0.15, 0.2) is 20.0 Å². The van der Waals surface area contributed by atoms with Gasteiger partial charge >= 0.3 is 5.97 Å². The molecule has 1 aromatic rings. The molecule has 106 valence electrons. The van der Waals surface area contributed by atoms with Gasteiger partial charge in [-0.25, -0.2) is 17.9 Å². The Balaban J connectivity index is 2.12. The van der Waals surface area contributed by atoms with Gasteiger partial charge in [-0.15, -0.1) is 0 Å². The number of carboxylic acid groups (broad SMARTS) is 1. The summed E-state index contributed by atoms with van der Waals surface area (Å²) in [5.41, 5.74) is 0. The summed E-state index contributed by atoms with van der Waals surface area (Å²) in [6.45, 7) is -0.104. The van der Waals surface area contributed by atoms with Crippen LogP contribution in [0.1, 0.15) is 23.4 Å². The molecule has 1 unspecified atom stereocenters. The summed E-state index contributed by atoms with van der Waals surface area (Å²) >= 11 is 2.86. The summed E-state index contributed by atoms with van der Waals surface area (Å²) in [4.78, 5) is 10.4. The lowest BCUT2D eigenvalue weighted by Gasteiger charge is -2.10. The van der Waals surface area contributed by atoms with Gasteiger partial charge in [0.25, 0.3) is 0 Å². The summed E-state index contributed by atoms with van der Waals surface area (Å²) in [6, 6.07) is 0.915. The van der Waals surface area contributed by atoms with Crippen molar-refractivity contribution in [2.75, 3.05) is 6.54 Å². The van der Waals surface area contributed by atoms with Crippen LogP contribution in [0.2, 0.25) is 0 Å². The van der Waals surface area contributed by atoms with Crippen molar-refractivity contribution in [3.05, 3.63) is 16.5 Å². The molecule has 0 radical (unpaired) electrons. The molecule has 0 spiro atoms. The van der Waals surface area contributed by atoms with Crippen LogP contribution in [-0.2, 0) is 10.0 Å². The molecule has 1 aromatic heterocycles. The molecule has 0 bridgehead atoms. The van der Waals surface area contributed by atoms with E-state index in [0.717, 1.165) is 18.9 Å². The Bertz CT molecular complexity index is 591. The second-order valence-electron chi connectivity index (χ2n) is 4.31. The SMILES string of the molecule is O=C(O)c1cc(S(=O)(=O)NCC(O)C2CC2)c(Br)o1. The van der Waals surface area contributed by atoms with Gasteiger partial charge in [-0.3, -0.25) is 0 Å². The molecule has 9 heteroatoms. The molecule has 3 N–H and O–H groups in total. The maximum absolute atomic E-state index is 11.9. The summed E-state index contributed by atoms with van der Waals surface area (Å²) in [5, 5.41) is 18.3. The first-order valence-electron chi connectivity index (χ1n) is 5.51. The van der Waals surface area contributed by atoms with E-state index in [2.05, 4.69) is 20.7 Å². The van der Waals surface area contributed by atoms with Crippen LogP contribution < -0.4 is 4.72 Å². The molecule has 0 saturated heterocycles. The Hall–Kier alpha value is -0.900. The quantitative estimate of drug-likeness (QED) is 0.695. The number of furan rings is 1. The highest BCUT2D eigenvalue weighted by Crippen LogP contribution is 2.32. The fraction of sp³-hybridized carbons (Fsp3) is 0.500. The van der Waals surface area contributed by atoms with Gasteiger partial charge in [-0.05, 0) is 34.7 Å². The molecule has 1 heterocycles. The average Bonchev–Trinajstić information content (AvgIpc) is 3.09. The van der Waals surface area contributed by atoms with E-state index in [1.54, 1.807) is 0 Å². The fourth-order valence-electron chi connectivity index (χ4n) is 1.56. The second kappa shape index (κ2) is 5.23. The molecule has 1 atom stereocenters. The van der Waals surface area contributed by atoms with Crippen molar-refractivity contribution in [2.45, 2.75) is 23.8 Å². The summed E-state index contributed by atoms with van der Waals surface area (Å²) < 4.78 is 30.7. The molecule has 1 aliphatic rings. The van der Waals surface area contributed by atoms with Crippen molar-refractivity contribution in [1.82, 2.24) is 4.72 Å². The first-order chi connectivity index (χ1) is 8.81. The normalized spacial score (nSPS) is 17.4. The number of nitrogens with one attached hydrogen (secondary N) is 1. The molecular formula is C10H12BrNO6S. The third kappa shape index (κ3) is 3.35. The zero-order chi connectivity index (χ0) is 14.2. The van der Waals surface area contributed by atoms with Crippen LogP contribution in [0.3, 0.4) is 0 Å². The van der Waals surface area contributed by atoms with E-state index in [9.17, 15) is 18.3 Å². The zero-order valence-corrected chi connectivity index (χ0v) is 12.1. The second-order valence-corrected chi connectivity index (χ2v) is 6.77. The predicted octanol–water partition coefficient (Wildman–Crippen LogP) is 0.789. The molecule has 19 heavy (non-hydrogen) atoms. The number of aliphatic hydroxyl groups excluding tert-OH is 1. The van der Waals surface area contributed by atoms with Gasteiger partial charge in [0.2, 0.25) is 15.8 Å². The highest BCUT2D eigenvalue weighted by atomic mass is 79.9. The van der Waals surface area contributed by atoms with Crippen molar-refractivity contribution < 1.29 is 27.8 Å². The van der Waals surface area contributed by atoms with Crippen LogP contribution in [-0.4, -0.2) is 37.2 Å². The van der Waals surface area contributed by atoms with E-state index >= 15 is 0 Å². The van der Waals surface area contributed by atoms with Crippen molar-refractivity contribution in [3.8, 4) is 0 Å². The minimum Gasteiger partial charge on any atom is -0.475 e. The van der Waals surface area contributed by atoms with E-state index in [1.165, 1.54) is 0 Å². The van der Waals surface area contributed by atoms with Gasteiger partial charge < -0.3 is 14.6 Å².